The molecule has 0 aliphatic carbocycles. The summed E-state index contributed by atoms with van der Waals surface area (Å²) in [5.41, 5.74) is 1.28. The van der Waals surface area contributed by atoms with Crippen LogP contribution in [0.1, 0.15) is 84.8 Å². The van der Waals surface area contributed by atoms with E-state index in [0.717, 1.165) is 50.3 Å². The molecule has 0 saturated carbocycles. The average Bonchev–Trinajstić information content (AvgIpc) is 3.15. The number of aryl methyl sites for hydroxylation is 1. The Balaban J connectivity index is 1.83. The Labute approximate surface area is 211 Å². The van der Waals surface area contributed by atoms with Gasteiger partial charge in [-0.05, 0) is 92.8 Å². The number of likely N-dealkylation sites (tertiary alicyclic amines) is 1. The van der Waals surface area contributed by atoms with Crippen LogP contribution in [-0.4, -0.2) is 65.8 Å². The first-order valence-corrected chi connectivity index (χ1v) is 13.0. The van der Waals surface area contributed by atoms with E-state index in [4.69, 9.17) is 9.47 Å². The minimum absolute atomic E-state index is 0.234. The minimum Gasteiger partial charge on any atom is -0.459 e. The summed E-state index contributed by atoms with van der Waals surface area (Å²) in [4.78, 5) is 29.2. The molecule has 7 nitrogen and oxygen atoms in total. The molecule has 0 spiro atoms. The Morgan fingerprint density at radius 3 is 2.11 bits per heavy atom. The van der Waals surface area contributed by atoms with Crippen LogP contribution in [0.2, 0.25) is 0 Å². The number of ether oxygens (including phenoxy) is 2. The molecule has 1 aromatic carbocycles. The number of hydrogen-bond donors (Lipinski definition) is 2. The Bertz CT molecular complexity index is 874. The van der Waals surface area contributed by atoms with Crippen LogP contribution in [0.25, 0.3) is 0 Å². The second-order valence-electron chi connectivity index (χ2n) is 12.4. The molecule has 196 valence electrons. The van der Waals surface area contributed by atoms with Crippen molar-refractivity contribution in [3.63, 3.8) is 0 Å². The van der Waals surface area contributed by atoms with Crippen LogP contribution < -0.4 is 10.6 Å². The topological polar surface area (TPSA) is 79.9 Å². The average molecular weight is 488 g/mol. The van der Waals surface area contributed by atoms with Gasteiger partial charge < -0.3 is 20.1 Å². The molecule has 2 aliphatic rings. The van der Waals surface area contributed by atoms with Crippen LogP contribution in [0.4, 0.5) is 5.69 Å². The zero-order chi connectivity index (χ0) is 26.0. The van der Waals surface area contributed by atoms with Crippen LogP contribution in [0.3, 0.4) is 0 Å². The molecule has 0 bridgehead atoms. The third kappa shape index (κ3) is 7.43. The summed E-state index contributed by atoms with van der Waals surface area (Å²) >= 11 is 0. The Hall–Kier alpha value is -2.12. The van der Waals surface area contributed by atoms with Gasteiger partial charge in [0.05, 0.1) is 0 Å². The number of benzene rings is 1. The van der Waals surface area contributed by atoms with Gasteiger partial charge in [-0.3, -0.25) is 14.5 Å². The molecule has 1 atom stereocenters. The second kappa shape index (κ2) is 10.5. The van der Waals surface area contributed by atoms with E-state index in [1.807, 2.05) is 25.1 Å². The first-order chi connectivity index (χ1) is 16.2. The monoisotopic (exact) mass is 487 g/mol. The summed E-state index contributed by atoms with van der Waals surface area (Å²) in [5, 5.41) is 7.17. The van der Waals surface area contributed by atoms with Gasteiger partial charge in [-0.25, -0.2) is 0 Å². The first-order valence-electron chi connectivity index (χ1n) is 13.0. The fourth-order valence-electron chi connectivity index (χ4n) is 4.98. The van der Waals surface area contributed by atoms with Gasteiger partial charge in [0.1, 0.15) is 11.2 Å². The predicted octanol–water partition coefficient (Wildman–Crippen LogP) is 4.39. The Morgan fingerprint density at radius 2 is 1.63 bits per heavy atom. The van der Waals surface area contributed by atoms with E-state index in [9.17, 15) is 9.59 Å². The van der Waals surface area contributed by atoms with Gasteiger partial charge in [-0.15, -0.1) is 0 Å². The molecule has 0 amide bonds. The van der Waals surface area contributed by atoms with Crippen molar-refractivity contribution in [3.8, 4) is 0 Å². The molecule has 2 saturated heterocycles. The lowest BCUT2D eigenvalue weighted by Gasteiger charge is -2.43. The lowest BCUT2D eigenvalue weighted by molar-refractivity contribution is -0.169. The minimum atomic E-state index is -1.15. The molecule has 2 aliphatic heterocycles. The highest BCUT2D eigenvalue weighted by Crippen LogP contribution is 2.33. The van der Waals surface area contributed by atoms with Gasteiger partial charge in [-0.1, -0.05) is 12.1 Å². The zero-order valence-corrected chi connectivity index (χ0v) is 22.9. The summed E-state index contributed by atoms with van der Waals surface area (Å²) in [6, 6.07) is 6.07. The van der Waals surface area contributed by atoms with Crippen molar-refractivity contribution in [1.82, 2.24) is 10.2 Å². The van der Waals surface area contributed by atoms with E-state index in [1.165, 1.54) is 6.42 Å². The quantitative estimate of drug-likeness (QED) is 0.455. The van der Waals surface area contributed by atoms with Crippen molar-refractivity contribution in [3.05, 3.63) is 29.3 Å². The number of carbonyl (C=O) groups excluding carboxylic acids is 2. The highest BCUT2D eigenvalue weighted by molar-refractivity contribution is 6.02. The predicted molar refractivity (Wildman–Crippen MR) is 140 cm³/mol. The van der Waals surface area contributed by atoms with Gasteiger partial charge >= 0.3 is 11.9 Å². The van der Waals surface area contributed by atoms with Crippen molar-refractivity contribution in [1.29, 1.82) is 0 Å². The SMILES string of the molecule is Cc1ccc(C(C(=O)OC(C)(C)C)C(=O)OC(C)(C)C)c(NC2CCN(C3(C)CCNC3)CC2)c1. The maximum atomic E-state index is 13.3. The Morgan fingerprint density at radius 1 is 1.06 bits per heavy atom. The van der Waals surface area contributed by atoms with Crippen LogP contribution in [0.15, 0.2) is 18.2 Å². The first kappa shape index (κ1) is 27.5. The molecule has 2 fully saturated rings. The van der Waals surface area contributed by atoms with Gasteiger partial charge in [0.25, 0.3) is 0 Å². The van der Waals surface area contributed by atoms with E-state index in [-0.39, 0.29) is 11.6 Å². The lowest BCUT2D eigenvalue weighted by Crippen LogP contribution is -2.53. The third-order valence-electron chi connectivity index (χ3n) is 6.77. The number of nitrogens with one attached hydrogen (secondary N) is 2. The normalized spacial score (nSPS) is 22.3. The van der Waals surface area contributed by atoms with Crippen molar-refractivity contribution in [2.75, 3.05) is 31.5 Å². The number of piperidine rings is 1. The summed E-state index contributed by atoms with van der Waals surface area (Å²) < 4.78 is 11.3. The summed E-state index contributed by atoms with van der Waals surface area (Å²) in [6.45, 7) is 19.4. The zero-order valence-electron chi connectivity index (χ0n) is 22.9. The second-order valence-corrected chi connectivity index (χ2v) is 12.4. The fourth-order valence-corrected chi connectivity index (χ4v) is 4.98. The highest BCUT2D eigenvalue weighted by atomic mass is 16.6. The Kier molecular flexibility index (Phi) is 8.22. The van der Waals surface area contributed by atoms with Crippen LogP contribution in [0.5, 0.6) is 0 Å². The van der Waals surface area contributed by atoms with E-state index < -0.39 is 29.1 Å². The molecule has 2 N–H and O–H groups in total. The van der Waals surface area contributed by atoms with Crippen LogP contribution in [-0.2, 0) is 19.1 Å². The molecule has 35 heavy (non-hydrogen) atoms. The largest absolute Gasteiger partial charge is 0.459 e. The summed E-state index contributed by atoms with van der Waals surface area (Å²) in [6.07, 6.45) is 3.19. The van der Waals surface area contributed by atoms with E-state index in [2.05, 4.69) is 22.5 Å². The molecule has 2 heterocycles. The maximum Gasteiger partial charge on any atom is 0.325 e. The number of carbonyl (C=O) groups is 2. The number of nitrogens with zero attached hydrogens (tertiary/aromatic N) is 1. The molecular weight excluding hydrogens is 442 g/mol. The smallest absolute Gasteiger partial charge is 0.325 e. The van der Waals surface area contributed by atoms with Gasteiger partial charge in [0.15, 0.2) is 5.92 Å². The highest BCUT2D eigenvalue weighted by Gasteiger charge is 2.39. The van der Waals surface area contributed by atoms with Gasteiger partial charge in [0.2, 0.25) is 0 Å². The third-order valence-corrected chi connectivity index (χ3v) is 6.77. The standard InChI is InChI=1S/C28H45N3O4/c1-19-9-10-21(23(24(32)34-26(2,3)4)25(33)35-27(5,6)7)22(17-19)30-20-11-15-31(16-12-20)28(8)13-14-29-18-28/h9-10,17,20,23,29-30H,11-16,18H2,1-8H3. The van der Waals surface area contributed by atoms with Gasteiger partial charge in [-0.2, -0.15) is 0 Å². The van der Waals surface area contributed by atoms with E-state index in [0.29, 0.717) is 5.56 Å². The van der Waals surface area contributed by atoms with E-state index in [1.54, 1.807) is 41.5 Å². The maximum absolute atomic E-state index is 13.3. The lowest BCUT2D eigenvalue weighted by atomic mass is 9.92. The van der Waals surface area contributed by atoms with Crippen LogP contribution in [0, 0.1) is 6.92 Å². The van der Waals surface area contributed by atoms with Crippen molar-refractivity contribution >= 4 is 17.6 Å². The molecular formula is C28H45N3O4. The number of hydrogen-bond acceptors (Lipinski definition) is 7. The van der Waals surface area contributed by atoms with Crippen molar-refractivity contribution < 1.29 is 19.1 Å². The van der Waals surface area contributed by atoms with E-state index >= 15 is 0 Å². The van der Waals surface area contributed by atoms with Gasteiger partial charge in [0, 0.05) is 42.5 Å². The van der Waals surface area contributed by atoms with Crippen molar-refractivity contribution in [2.24, 2.45) is 0 Å². The fraction of sp³-hybridized carbons (Fsp3) is 0.714. The summed E-state index contributed by atoms with van der Waals surface area (Å²) in [5.74, 6) is -2.33. The van der Waals surface area contributed by atoms with Crippen LogP contribution >= 0.6 is 0 Å². The molecule has 0 aromatic heterocycles. The molecule has 1 unspecified atom stereocenters. The number of anilines is 1. The molecule has 1 aromatic rings. The molecule has 0 radical (unpaired) electrons. The number of esters is 2. The summed E-state index contributed by atoms with van der Waals surface area (Å²) in [7, 11) is 0. The molecule has 7 heteroatoms. The molecule has 3 rings (SSSR count). The number of rotatable bonds is 6. The van der Waals surface area contributed by atoms with Crippen molar-refractivity contribution in [2.45, 2.75) is 103 Å².